The van der Waals surface area contributed by atoms with Gasteiger partial charge in [-0.05, 0) is 61.7 Å². The number of fused-ring (bicyclic) bond motifs is 1. The van der Waals surface area contributed by atoms with Crippen LogP contribution in [0.3, 0.4) is 0 Å². The third kappa shape index (κ3) is 5.11. The number of nitrogens with zero attached hydrogens (tertiary/aromatic N) is 2. The Morgan fingerprint density at radius 2 is 1.80 bits per heavy atom. The molecule has 2 heterocycles. The maximum Gasteiger partial charge on any atom is 0.258 e. The van der Waals surface area contributed by atoms with Gasteiger partial charge in [-0.15, -0.1) is 0 Å². The van der Waals surface area contributed by atoms with Crippen LogP contribution in [0.15, 0.2) is 59.0 Å². The second-order valence-electron chi connectivity index (χ2n) is 8.81. The molecule has 5 rings (SSSR count). The molecule has 182 valence electrons. The van der Waals surface area contributed by atoms with Crippen molar-refractivity contribution >= 4 is 11.8 Å². The first kappa shape index (κ1) is 22.8. The van der Waals surface area contributed by atoms with Crippen molar-refractivity contribution in [3.63, 3.8) is 0 Å². The molecule has 1 aromatic heterocycles. The van der Waals surface area contributed by atoms with E-state index in [0.717, 1.165) is 24.2 Å². The lowest BCUT2D eigenvalue weighted by Crippen LogP contribution is -2.43. The van der Waals surface area contributed by atoms with Crippen molar-refractivity contribution in [1.29, 1.82) is 0 Å². The topological polar surface area (TPSA) is 81.5 Å². The number of amides is 2. The van der Waals surface area contributed by atoms with Crippen molar-refractivity contribution in [2.75, 3.05) is 20.4 Å². The minimum absolute atomic E-state index is 0.0220. The molecule has 8 heteroatoms. The van der Waals surface area contributed by atoms with Crippen molar-refractivity contribution in [3.05, 3.63) is 77.2 Å². The summed E-state index contributed by atoms with van der Waals surface area (Å²) in [6.07, 6.45) is 1.77. The molecule has 2 aliphatic rings. The number of ether oxygens (including phenoxy) is 3. The van der Waals surface area contributed by atoms with Crippen LogP contribution >= 0.6 is 0 Å². The van der Waals surface area contributed by atoms with E-state index in [0.29, 0.717) is 41.7 Å². The number of benzene rings is 2. The lowest BCUT2D eigenvalue weighted by Gasteiger charge is -2.28. The Kier molecular flexibility index (Phi) is 6.35. The Morgan fingerprint density at radius 1 is 1.00 bits per heavy atom. The number of hydrogen-bond acceptors (Lipinski definition) is 6. The number of para-hydroxylation sites is 1. The van der Waals surface area contributed by atoms with Crippen LogP contribution in [0, 0.1) is 6.92 Å². The van der Waals surface area contributed by atoms with E-state index < -0.39 is 0 Å². The highest BCUT2D eigenvalue weighted by molar-refractivity contribution is 5.99. The van der Waals surface area contributed by atoms with Gasteiger partial charge in [-0.2, -0.15) is 0 Å². The first-order chi connectivity index (χ1) is 17.0. The van der Waals surface area contributed by atoms with Crippen LogP contribution in [0.2, 0.25) is 0 Å². The second-order valence-corrected chi connectivity index (χ2v) is 8.81. The van der Waals surface area contributed by atoms with Gasteiger partial charge in [0.25, 0.3) is 5.91 Å². The summed E-state index contributed by atoms with van der Waals surface area (Å²) in [5, 5.41) is 0. The van der Waals surface area contributed by atoms with Crippen molar-refractivity contribution in [3.8, 4) is 17.2 Å². The Hall–Kier alpha value is -3.94. The van der Waals surface area contributed by atoms with Gasteiger partial charge in [0, 0.05) is 12.6 Å². The van der Waals surface area contributed by atoms with Crippen LogP contribution in [-0.2, 0) is 17.9 Å². The van der Waals surface area contributed by atoms with E-state index in [4.69, 9.17) is 18.6 Å². The smallest absolute Gasteiger partial charge is 0.258 e. The van der Waals surface area contributed by atoms with E-state index in [1.807, 2.05) is 43.3 Å². The highest BCUT2D eigenvalue weighted by Gasteiger charge is 2.36. The van der Waals surface area contributed by atoms with Crippen LogP contribution in [0.4, 0.5) is 0 Å². The number of aryl methyl sites for hydroxylation is 1. The zero-order valence-electron chi connectivity index (χ0n) is 19.9. The molecular formula is C27H28N2O6. The summed E-state index contributed by atoms with van der Waals surface area (Å²) >= 11 is 0. The second kappa shape index (κ2) is 9.74. The molecule has 0 saturated heterocycles. The molecule has 0 N–H and O–H groups in total. The van der Waals surface area contributed by atoms with Crippen LogP contribution in [0.5, 0.6) is 17.2 Å². The Bertz CT molecular complexity index is 1230. The third-order valence-corrected chi connectivity index (χ3v) is 6.20. The van der Waals surface area contributed by atoms with E-state index >= 15 is 0 Å². The van der Waals surface area contributed by atoms with E-state index in [1.54, 1.807) is 28.0 Å². The quantitative estimate of drug-likeness (QED) is 0.461. The predicted octanol–water partition coefficient (Wildman–Crippen LogP) is 4.16. The number of rotatable bonds is 9. The van der Waals surface area contributed by atoms with Crippen molar-refractivity contribution in [1.82, 2.24) is 9.80 Å². The summed E-state index contributed by atoms with van der Waals surface area (Å²) in [5.41, 5.74) is 1.36. The van der Waals surface area contributed by atoms with Crippen molar-refractivity contribution in [2.45, 2.75) is 38.9 Å². The third-order valence-electron chi connectivity index (χ3n) is 6.20. The zero-order valence-corrected chi connectivity index (χ0v) is 19.9. The molecule has 3 aromatic rings. The molecule has 35 heavy (non-hydrogen) atoms. The van der Waals surface area contributed by atoms with Gasteiger partial charge < -0.3 is 28.4 Å². The summed E-state index contributed by atoms with van der Waals surface area (Å²) in [5.74, 6) is 2.96. The summed E-state index contributed by atoms with van der Waals surface area (Å²) in [6.45, 7) is 2.67. The Labute approximate surface area is 204 Å². The normalized spacial score (nSPS) is 14.0. The molecule has 0 atom stereocenters. The number of carbonyl (C=O) groups is 2. The molecular weight excluding hydrogens is 448 g/mol. The molecule has 0 bridgehead atoms. The van der Waals surface area contributed by atoms with Gasteiger partial charge in [-0.25, -0.2) is 0 Å². The molecule has 0 spiro atoms. The molecule has 1 aliphatic carbocycles. The fourth-order valence-corrected chi connectivity index (χ4v) is 4.22. The zero-order chi connectivity index (χ0) is 24.4. The Balaban J connectivity index is 1.38. The van der Waals surface area contributed by atoms with Crippen LogP contribution in [-0.4, -0.2) is 48.1 Å². The van der Waals surface area contributed by atoms with Crippen LogP contribution in [0.1, 0.15) is 40.3 Å². The minimum Gasteiger partial charge on any atom is -0.496 e. The molecule has 2 amide bonds. The van der Waals surface area contributed by atoms with E-state index in [-0.39, 0.29) is 31.2 Å². The highest BCUT2D eigenvalue weighted by Crippen LogP contribution is 2.33. The average molecular weight is 477 g/mol. The van der Waals surface area contributed by atoms with Crippen molar-refractivity contribution in [2.24, 2.45) is 0 Å². The molecule has 8 nitrogen and oxygen atoms in total. The van der Waals surface area contributed by atoms with Gasteiger partial charge in [0.2, 0.25) is 12.7 Å². The van der Waals surface area contributed by atoms with Gasteiger partial charge in [0.1, 0.15) is 23.8 Å². The SMILES string of the molecule is COc1ccccc1C(=O)N(CC(=O)N(Cc1ccc2c(c1)OCO2)Cc1ccc(C)o1)C1CC1. The maximum atomic E-state index is 13.6. The van der Waals surface area contributed by atoms with Gasteiger partial charge in [-0.1, -0.05) is 18.2 Å². The highest BCUT2D eigenvalue weighted by atomic mass is 16.7. The summed E-state index contributed by atoms with van der Waals surface area (Å²) in [7, 11) is 1.54. The molecule has 1 saturated carbocycles. The van der Waals surface area contributed by atoms with Gasteiger partial charge in [0.15, 0.2) is 11.5 Å². The number of methoxy groups -OCH3 is 1. The van der Waals surface area contributed by atoms with Gasteiger partial charge in [-0.3, -0.25) is 9.59 Å². The average Bonchev–Trinajstić information content (AvgIpc) is 3.46. The number of furan rings is 1. The Morgan fingerprint density at radius 3 is 2.54 bits per heavy atom. The lowest BCUT2D eigenvalue weighted by atomic mass is 10.1. The minimum atomic E-state index is -0.199. The van der Waals surface area contributed by atoms with Crippen LogP contribution < -0.4 is 14.2 Å². The fraction of sp³-hybridized carbons (Fsp3) is 0.333. The summed E-state index contributed by atoms with van der Waals surface area (Å²) in [4.78, 5) is 30.4. The number of hydrogen-bond donors (Lipinski definition) is 0. The largest absolute Gasteiger partial charge is 0.496 e. The fourth-order valence-electron chi connectivity index (χ4n) is 4.22. The molecule has 0 radical (unpaired) electrons. The van der Waals surface area contributed by atoms with Crippen LogP contribution in [0.25, 0.3) is 0 Å². The maximum absolute atomic E-state index is 13.6. The van der Waals surface area contributed by atoms with Gasteiger partial charge >= 0.3 is 0 Å². The van der Waals surface area contributed by atoms with Crippen molar-refractivity contribution < 1.29 is 28.2 Å². The first-order valence-electron chi connectivity index (χ1n) is 11.7. The summed E-state index contributed by atoms with van der Waals surface area (Å²) < 4.78 is 22.0. The first-order valence-corrected chi connectivity index (χ1v) is 11.7. The monoisotopic (exact) mass is 476 g/mol. The van der Waals surface area contributed by atoms with E-state index in [9.17, 15) is 9.59 Å². The predicted molar refractivity (Wildman–Crippen MR) is 127 cm³/mol. The molecule has 1 aliphatic heterocycles. The lowest BCUT2D eigenvalue weighted by molar-refractivity contribution is -0.133. The molecule has 1 fully saturated rings. The van der Waals surface area contributed by atoms with E-state index in [2.05, 4.69) is 0 Å². The van der Waals surface area contributed by atoms with E-state index in [1.165, 1.54) is 7.11 Å². The molecule has 2 aromatic carbocycles. The van der Waals surface area contributed by atoms with Gasteiger partial charge in [0.05, 0.1) is 19.2 Å². The number of carbonyl (C=O) groups excluding carboxylic acids is 2. The summed E-state index contributed by atoms with van der Waals surface area (Å²) in [6, 6.07) is 16.5. The standard InChI is InChI=1S/C27H28N2O6/c1-18-7-11-21(35-18)15-28(14-19-8-12-24-25(13-19)34-17-33-24)26(30)16-29(20-9-10-20)27(31)22-5-3-4-6-23(22)32-2/h3-8,11-13,20H,9-10,14-17H2,1-2H3. The molecule has 0 unspecified atom stereocenters.